The van der Waals surface area contributed by atoms with Crippen molar-refractivity contribution < 1.29 is 9.59 Å². The van der Waals surface area contributed by atoms with Crippen LogP contribution in [0.15, 0.2) is 42.6 Å². The molecule has 2 heterocycles. The van der Waals surface area contributed by atoms with Crippen molar-refractivity contribution in [3.63, 3.8) is 0 Å². The van der Waals surface area contributed by atoms with Crippen molar-refractivity contribution in [1.29, 1.82) is 0 Å². The molecule has 7 nitrogen and oxygen atoms in total. The van der Waals surface area contributed by atoms with Gasteiger partial charge in [-0.3, -0.25) is 9.59 Å². The van der Waals surface area contributed by atoms with E-state index in [1.54, 1.807) is 4.68 Å². The van der Waals surface area contributed by atoms with Crippen molar-refractivity contribution in [1.82, 2.24) is 25.4 Å². The number of fused-ring (bicyclic) bond motifs is 1. The summed E-state index contributed by atoms with van der Waals surface area (Å²) in [6.07, 6.45) is 1.53. The number of pyridine rings is 1. The number of carbonyl (C=O) groups excluding carboxylic acids is 2. The van der Waals surface area contributed by atoms with Crippen LogP contribution in [0.2, 0.25) is 0 Å². The van der Waals surface area contributed by atoms with Crippen molar-refractivity contribution >= 4 is 22.7 Å². The first-order valence-corrected chi connectivity index (χ1v) is 7.99. The van der Waals surface area contributed by atoms with Crippen LogP contribution in [0, 0.1) is 6.92 Å². The van der Waals surface area contributed by atoms with Crippen LogP contribution in [0.5, 0.6) is 0 Å². The van der Waals surface area contributed by atoms with Gasteiger partial charge in [0.2, 0.25) is 5.91 Å². The molecule has 0 aliphatic carbocycles. The van der Waals surface area contributed by atoms with Crippen molar-refractivity contribution in [2.24, 2.45) is 0 Å². The van der Waals surface area contributed by atoms with Gasteiger partial charge < -0.3 is 10.6 Å². The number of hydrogen-bond acceptors (Lipinski definition) is 4. The minimum atomic E-state index is -0.227. The molecule has 0 aliphatic rings. The zero-order valence-corrected chi connectivity index (χ0v) is 14.1. The topological polar surface area (TPSA) is 88.9 Å². The molecule has 2 N–H and O–H groups in total. The molecule has 0 fully saturated rings. The molecule has 0 bridgehead atoms. The third-order valence-corrected chi connectivity index (χ3v) is 3.84. The molecule has 0 aliphatic heterocycles. The Labute approximate surface area is 145 Å². The lowest BCUT2D eigenvalue weighted by molar-refractivity contribution is -0.118. The van der Waals surface area contributed by atoms with Gasteiger partial charge in [-0.25, -0.2) is 9.67 Å². The Morgan fingerprint density at radius 3 is 2.64 bits per heavy atom. The highest BCUT2D eigenvalue weighted by atomic mass is 16.2. The molecule has 0 saturated carbocycles. The largest absolute Gasteiger partial charge is 0.355 e. The van der Waals surface area contributed by atoms with E-state index in [0.29, 0.717) is 30.2 Å². The van der Waals surface area contributed by atoms with E-state index in [1.807, 2.05) is 43.3 Å². The van der Waals surface area contributed by atoms with E-state index in [2.05, 4.69) is 20.7 Å². The Kier molecular flexibility index (Phi) is 4.74. The summed E-state index contributed by atoms with van der Waals surface area (Å²) in [5.74, 6) is 0.309. The third-order valence-electron chi connectivity index (χ3n) is 3.84. The molecule has 1 aromatic carbocycles. The molecule has 3 aromatic rings. The Balaban J connectivity index is 1.77. The maximum Gasteiger partial charge on any atom is 0.254 e. The number of amides is 2. The van der Waals surface area contributed by atoms with Gasteiger partial charge >= 0.3 is 0 Å². The Hall–Kier alpha value is -3.22. The maximum absolute atomic E-state index is 12.3. The quantitative estimate of drug-likeness (QED) is 0.692. The summed E-state index contributed by atoms with van der Waals surface area (Å²) in [6, 6.07) is 11.7. The lowest BCUT2D eigenvalue weighted by Gasteiger charge is -2.07. The molecule has 0 atom stereocenters. The number of rotatable bonds is 5. The van der Waals surface area contributed by atoms with Gasteiger partial charge in [-0.15, -0.1) is 0 Å². The Morgan fingerprint density at radius 1 is 1.08 bits per heavy atom. The minimum Gasteiger partial charge on any atom is -0.355 e. The summed E-state index contributed by atoms with van der Waals surface area (Å²) in [7, 11) is 0. The van der Waals surface area contributed by atoms with Crippen LogP contribution < -0.4 is 10.6 Å². The Bertz CT molecular complexity index is 932. The van der Waals surface area contributed by atoms with E-state index in [9.17, 15) is 9.59 Å². The minimum absolute atomic E-state index is 0.124. The maximum atomic E-state index is 12.3. The van der Waals surface area contributed by atoms with Gasteiger partial charge in [0.15, 0.2) is 5.82 Å². The van der Waals surface area contributed by atoms with Gasteiger partial charge in [-0.1, -0.05) is 18.2 Å². The van der Waals surface area contributed by atoms with Crippen LogP contribution in [0.1, 0.15) is 23.0 Å². The summed E-state index contributed by atoms with van der Waals surface area (Å²) in [5, 5.41) is 10.7. The highest BCUT2D eigenvalue weighted by molar-refractivity contribution is 5.95. The van der Waals surface area contributed by atoms with E-state index < -0.39 is 0 Å². The Morgan fingerprint density at radius 2 is 1.84 bits per heavy atom. The molecule has 0 unspecified atom stereocenters. The van der Waals surface area contributed by atoms with Crippen LogP contribution in [0.4, 0.5) is 0 Å². The van der Waals surface area contributed by atoms with Crippen LogP contribution in [-0.4, -0.2) is 39.7 Å². The summed E-state index contributed by atoms with van der Waals surface area (Å²) < 4.78 is 1.65. The van der Waals surface area contributed by atoms with Crippen LogP contribution >= 0.6 is 0 Å². The van der Waals surface area contributed by atoms with Gasteiger partial charge in [-0.2, -0.15) is 5.10 Å². The van der Waals surface area contributed by atoms with Crippen LogP contribution in [0.25, 0.3) is 16.7 Å². The van der Waals surface area contributed by atoms with E-state index in [0.717, 1.165) is 10.9 Å². The molecule has 2 aromatic heterocycles. The molecule has 0 spiro atoms. The molecule has 25 heavy (non-hydrogen) atoms. The van der Waals surface area contributed by atoms with Gasteiger partial charge in [-0.05, 0) is 25.1 Å². The second-order valence-electron chi connectivity index (χ2n) is 5.66. The highest BCUT2D eigenvalue weighted by Gasteiger charge is 2.15. The molecular formula is C18H19N5O2. The molecule has 3 rings (SSSR count). The standard InChI is InChI=1S/C18H19N5O2/c1-12-15(18(25)20-10-9-19-13(2)24)11-21-23(12)17-8-7-14-5-3-4-6-16(14)22-17/h3-8,11H,9-10H2,1-2H3,(H,19,24)(H,20,25). The normalized spacial score (nSPS) is 10.6. The van der Waals surface area contributed by atoms with Crippen LogP contribution in [0.3, 0.4) is 0 Å². The molecule has 0 radical (unpaired) electrons. The molecule has 128 valence electrons. The number of nitrogens with one attached hydrogen (secondary N) is 2. The zero-order valence-electron chi connectivity index (χ0n) is 14.1. The predicted molar refractivity (Wildman–Crippen MR) is 94.6 cm³/mol. The number of benzene rings is 1. The van der Waals surface area contributed by atoms with E-state index in [4.69, 9.17) is 0 Å². The summed E-state index contributed by atoms with van der Waals surface area (Å²) in [6.45, 7) is 4.01. The molecular weight excluding hydrogens is 318 g/mol. The smallest absolute Gasteiger partial charge is 0.254 e. The monoisotopic (exact) mass is 337 g/mol. The van der Waals surface area contributed by atoms with Crippen molar-refractivity contribution in [2.45, 2.75) is 13.8 Å². The average molecular weight is 337 g/mol. The fourth-order valence-corrected chi connectivity index (χ4v) is 2.55. The van der Waals surface area contributed by atoms with E-state index in [1.165, 1.54) is 13.1 Å². The fourth-order valence-electron chi connectivity index (χ4n) is 2.55. The van der Waals surface area contributed by atoms with Crippen molar-refractivity contribution in [3.05, 3.63) is 53.9 Å². The molecule has 2 amide bonds. The molecule has 7 heteroatoms. The average Bonchev–Trinajstić information content (AvgIpc) is 2.99. The first-order chi connectivity index (χ1) is 12.1. The lowest BCUT2D eigenvalue weighted by atomic mass is 10.2. The number of carbonyl (C=O) groups is 2. The number of para-hydroxylation sites is 1. The highest BCUT2D eigenvalue weighted by Crippen LogP contribution is 2.17. The number of nitrogens with zero attached hydrogens (tertiary/aromatic N) is 3. The summed E-state index contributed by atoms with van der Waals surface area (Å²) >= 11 is 0. The fraction of sp³-hybridized carbons (Fsp3) is 0.222. The van der Waals surface area contributed by atoms with E-state index in [-0.39, 0.29) is 11.8 Å². The van der Waals surface area contributed by atoms with Crippen molar-refractivity contribution in [2.75, 3.05) is 13.1 Å². The summed E-state index contributed by atoms with van der Waals surface area (Å²) in [5.41, 5.74) is 2.06. The van der Waals surface area contributed by atoms with Crippen molar-refractivity contribution in [3.8, 4) is 5.82 Å². The van der Waals surface area contributed by atoms with Gasteiger partial charge in [0.05, 0.1) is 23.0 Å². The third kappa shape index (κ3) is 3.65. The van der Waals surface area contributed by atoms with Gasteiger partial charge in [0, 0.05) is 25.4 Å². The first-order valence-electron chi connectivity index (χ1n) is 7.99. The second-order valence-corrected chi connectivity index (χ2v) is 5.66. The number of hydrogen-bond donors (Lipinski definition) is 2. The number of aromatic nitrogens is 3. The SMILES string of the molecule is CC(=O)NCCNC(=O)c1cnn(-c2ccc3ccccc3n2)c1C. The second kappa shape index (κ2) is 7.12. The van der Waals surface area contributed by atoms with Gasteiger partial charge in [0.25, 0.3) is 5.91 Å². The molecule has 0 saturated heterocycles. The lowest BCUT2D eigenvalue weighted by Crippen LogP contribution is -2.33. The van der Waals surface area contributed by atoms with Gasteiger partial charge in [0.1, 0.15) is 0 Å². The summed E-state index contributed by atoms with van der Waals surface area (Å²) in [4.78, 5) is 27.7. The zero-order chi connectivity index (χ0) is 17.8. The first kappa shape index (κ1) is 16.6. The van der Waals surface area contributed by atoms with Crippen LogP contribution in [-0.2, 0) is 4.79 Å². The predicted octanol–water partition coefficient (Wildman–Crippen LogP) is 1.59. The van der Waals surface area contributed by atoms with E-state index >= 15 is 0 Å².